The minimum atomic E-state index is -1.18. The average Bonchev–Trinajstić information content (AvgIpc) is 2.67. The van der Waals surface area contributed by atoms with Crippen molar-refractivity contribution in [3.63, 3.8) is 0 Å². The monoisotopic (exact) mass is 453 g/mol. The predicted octanol–water partition coefficient (Wildman–Crippen LogP) is -2.45. The third-order valence-corrected chi connectivity index (χ3v) is 5.38. The number of aliphatic carboxylic acids is 2. The molecule has 1 amide bonds. The van der Waals surface area contributed by atoms with Crippen LogP contribution in [-0.2, 0) is 14.4 Å². The molecule has 0 radical (unpaired) electrons. The standard InChI is InChI=1S/C21H38N2O6.K/c1-4-7-8-9-10-19(25)22-11-12-23(13-14-24,15-17(5-2)20(26)27)16-18(6-3)21(28)29;/h4,7,17-18,24H,5-6,8-16H2,1-3H3,(H2-,22,25,26,27,28,29);/q;+1/b7-4+;. The van der Waals surface area contributed by atoms with E-state index in [0.29, 0.717) is 32.4 Å². The molecule has 0 aliphatic carbocycles. The number of rotatable bonds is 17. The summed E-state index contributed by atoms with van der Waals surface area (Å²) >= 11 is 0. The fourth-order valence-electron chi connectivity index (χ4n) is 3.52. The third kappa shape index (κ3) is 13.2. The van der Waals surface area contributed by atoms with Gasteiger partial charge in [0.25, 0.3) is 0 Å². The van der Waals surface area contributed by atoms with E-state index in [2.05, 4.69) is 5.32 Å². The number of carboxylic acid groups (broad SMARTS) is 2. The Balaban J connectivity index is 0. The van der Waals surface area contributed by atoms with Crippen LogP contribution in [0.1, 0.15) is 52.9 Å². The Kier molecular flexibility index (Phi) is 19.4. The number of carboxylic acids is 2. The van der Waals surface area contributed by atoms with Gasteiger partial charge in [-0.15, -0.1) is 0 Å². The molecule has 0 aromatic carbocycles. The largest absolute Gasteiger partial charge is 1.00 e. The number of quaternary nitrogens is 1. The second-order valence-electron chi connectivity index (χ2n) is 7.56. The number of nitrogens with zero attached hydrogens (tertiary/aromatic N) is 1. The average molecular weight is 454 g/mol. The van der Waals surface area contributed by atoms with Gasteiger partial charge >= 0.3 is 57.4 Å². The topological polar surface area (TPSA) is 127 Å². The van der Waals surface area contributed by atoms with Gasteiger partial charge in [-0.3, -0.25) is 9.59 Å². The Morgan fingerprint density at radius 3 is 2.17 bits per heavy atom. The van der Waals surface area contributed by atoms with Gasteiger partial charge in [-0.05, 0) is 32.6 Å². The van der Waals surface area contributed by atoms with E-state index in [1.165, 1.54) is 0 Å². The molecular weight excluding hydrogens is 415 g/mol. The van der Waals surface area contributed by atoms with Gasteiger partial charge in [0, 0.05) is 12.3 Å². The first-order chi connectivity index (χ1) is 13.7. The molecule has 8 nitrogen and oxygen atoms in total. The van der Waals surface area contributed by atoms with Gasteiger partial charge in [0.15, 0.2) is 0 Å². The molecule has 0 fully saturated rings. The molecule has 9 heteroatoms. The summed E-state index contributed by atoms with van der Waals surface area (Å²) < 4.78 is 0.118. The zero-order chi connectivity index (χ0) is 22.3. The van der Waals surface area contributed by atoms with Gasteiger partial charge in [0.2, 0.25) is 5.91 Å². The van der Waals surface area contributed by atoms with E-state index in [9.17, 15) is 29.7 Å². The van der Waals surface area contributed by atoms with Crippen LogP contribution >= 0.6 is 0 Å². The van der Waals surface area contributed by atoms with Crippen LogP contribution in [0, 0.1) is 11.8 Å². The summed E-state index contributed by atoms with van der Waals surface area (Å²) in [4.78, 5) is 35.1. The van der Waals surface area contributed by atoms with Crippen LogP contribution in [0.5, 0.6) is 0 Å². The van der Waals surface area contributed by atoms with Crippen LogP contribution in [0.4, 0.5) is 0 Å². The molecule has 3 atom stereocenters. The van der Waals surface area contributed by atoms with Crippen molar-refractivity contribution in [1.29, 1.82) is 0 Å². The van der Waals surface area contributed by atoms with Gasteiger partial charge in [-0.25, -0.2) is 0 Å². The molecule has 0 heterocycles. The molecule has 3 unspecified atom stereocenters. The molecule has 3 N–H and O–H groups in total. The Labute approximate surface area is 223 Å². The Morgan fingerprint density at radius 1 is 1.10 bits per heavy atom. The molecule has 0 saturated heterocycles. The maximum atomic E-state index is 12.0. The third-order valence-electron chi connectivity index (χ3n) is 5.38. The first-order valence-electron chi connectivity index (χ1n) is 10.5. The fraction of sp³-hybridized carbons (Fsp3) is 0.762. The molecule has 0 rings (SSSR count). The van der Waals surface area contributed by atoms with Crippen molar-refractivity contribution in [3.05, 3.63) is 12.2 Å². The van der Waals surface area contributed by atoms with E-state index in [4.69, 9.17) is 0 Å². The number of hydrogen-bond acceptors (Lipinski definition) is 5. The molecule has 0 aromatic rings. The molecule has 30 heavy (non-hydrogen) atoms. The minimum absolute atomic E-state index is 0. The van der Waals surface area contributed by atoms with Gasteiger partial charge in [-0.1, -0.05) is 26.0 Å². The summed E-state index contributed by atoms with van der Waals surface area (Å²) in [5.41, 5.74) is 0. The molecular formula is C21H38KN2O6+. The van der Waals surface area contributed by atoms with Crippen molar-refractivity contribution in [1.82, 2.24) is 5.32 Å². The molecule has 0 aliphatic rings. The molecule has 0 aliphatic heterocycles. The Bertz CT molecular complexity index is 518. The molecule has 0 bridgehead atoms. The maximum absolute atomic E-state index is 12.0. The number of hydrogen-bond donors (Lipinski definition) is 3. The van der Waals surface area contributed by atoms with Gasteiger partial charge < -0.3 is 29.9 Å². The Hall–Kier alpha value is -0.294. The summed E-state index contributed by atoms with van der Waals surface area (Å²) in [5.74, 6) is -3.61. The van der Waals surface area contributed by atoms with E-state index in [1.807, 2.05) is 19.1 Å². The molecule has 0 saturated carbocycles. The van der Waals surface area contributed by atoms with E-state index >= 15 is 0 Å². The molecule has 168 valence electrons. The van der Waals surface area contributed by atoms with E-state index in [1.54, 1.807) is 13.8 Å². The Morgan fingerprint density at radius 2 is 1.70 bits per heavy atom. The number of unbranched alkanes of at least 4 members (excludes halogenated alkanes) is 1. The molecule has 0 spiro atoms. The fourth-order valence-corrected chi connectivity index (χ4v) is 3.52. The van der Waals surface area contributed by atoms with Crippen molar-refractivity contribution in [2.75, 3.05) is 39.3 Å². The quantitative estimate of drug-likeness (QED) is 0.0971. The van der Waals surface area contributed by atoms with Crippen molar-refractivity contribution in [2.24, 2.45) is 11.8 Å². The number of carbonyl (C=O) groups is 3. The number of aliphatic hydroxyl groups is 1. The number of amides is 1. The normalized spacial score (nSPS) is 15.1. The van der Waals surface area contributed by atoms with Crippen molar-refractivity contribution in [2.45, 2.75) is 52.9 Å². The minimum Gasteiger partial charge on any atom is -0.550 e. The second-order valence-corrected chi connectivity index (χ2v) is 7.56. The van der Waals surface area contributed by atoms with Gasteiger partial charge in [0.1, 0.15) is 12.5 Å². The van der Waals surface area contributed by atoms with Crippen molar-refractivity contribution < 1.29 is 85.6 Å². The zero-order valence-corrected chi connectivity index (χ0v) is 22.2. The summed E-state index contributed by atoms with van der Waals surface area (Å²) in [5, 5.41) is 33.4. The zero-order valence-electron chi connectivity index (χ0n) is 19.1. The van der Waals surface area contributed by atoms with E-state index in [-0.39, 0.29) is 88.0 Å². The predicted molar refractivity (Wildman–Crippen MR) is 109 cm³/mol. The van der Waals surface area contributed by atoms with Gasteiger partial charge in [0.05, 0.1) is 38.8 Å². The van der Waals surface area contributed by atoms with Crippen molar-refractivity contribution >= 4 is 17.8 Å². The summed E-state index contributed by atoms with van der Waals surface area (Å²) in [6.07, 6.45) is 6.66. The summed E-state index contributed by atoms with van der Waals surface area (Å²) in [7, 11) is 0. The second kappa shape index (κ2) is 18.3. The SMILES string of the molecule is C/C=C/CCCC(=O)NCC[N+](CCO)(CC(CC)C(=O)[O-])CC(CC)C(=O)O.[K+]. The van der Waals surface area contributed by atoms with Crippen LogP contribution in [-0.4, -0.2) is 71.9 Å². The number of aliphatic hydroxyl groups excluding tert-OH is 1. The number of nitrogens with one attached hydrogen (secondary N) is 1. The van der Waals surface area contributed by atoms with Crippen LogP contribution < -0.4 is 61.8 Å². The van der Waals surface area contributed by atoms with Crippen LogP contribution in [0.2, 0.25) is 0 Å². The van der Waals surface area contributed by atoms with Gasteiger partial charge in [-0.2, -0.15) is 0 Å². The first-order valence-corrected chi connectivity index (χ1v) is 10.5. The summed E-state index contributed by atoms with van der Waals surface area (Å²) in [6.45, 7) is 6.49. The van der Waals surface area contributed by atoms with Crippen LogP contribution in [0.25, 0.3) is 0 Å². The van der Waals surface area contributed by atoms with E-state index in [0.717, 1.165) is 12.8 Å². The first kappa shape index (κ1) is 31.9. The van der Waals surface area contributed by atoms with E-state index < -0.39 is 23.8 Å². The van der Waals surface area contributed by atoms with Crippen molar-refractivity contribution in [3.8, 4) is 0 Å². The summed E-state index contributed by atoms with van der Waals surface area (Å²) in [6, 6.07) is 0. The van der Waals surface area contributed by atoms with Crippen LogP contribution in [0.15, 0.2) is 12.2 Å². The molecule has 0 aromatic heterocycles. The number of allylic oxidation sites excluding steroid dienone is 2. The van der Waals surface area contributed by atoms with Crippen LogP contribution in [0.3, 0.4) is 0 Å². The smallest absolute Gasteiger partial charge is 0.550 e. The maximum Gasteiger partial charge on any atom is 1.00 e. The number of carbonyl (C=O) groups excluding carboxylic acids is 2.